The van der Waals surface area contributed by atoms with Gasteiger partial charge in [0, 0.05) is 0 Å². The molecule has 0 amide bonds. The third kappa shape index (κ3) is 9.51. The van der Waals surface area contributed by atoms with E-state index < -0.39 is 12.0 Å². The van der Waals surface area contributed by atoms with Crippen LogP contribution in [0.3, 0.4) is 0 Å². The van der Waals surface area contributed by atoms with Crippen molar-refractivity contribution >= 4 is 12.0 Å². The molecule has 0 saturated heterocycles. The van der Waals surface area contributed by atoms with Crippen LogP contribution in [0.2, 0.25) is 0 Å². The van der Waals surface area contributed by atoms with Gasteiger partial charge < -0.3 is 10.8 Å². The maximum absolute atomic E-state index is 10.8. The van der Waals surface area contributed by atoms with Crippen molar-refractivity contribution in [3.05, 3.63) is 41.5 Å². The van der Waals surface area contributed by atoms with Crippen molar-refractivity contribution in [3.63, 3.8) is 0 Å². The Kier molecular flexibility index (Phi) is 10.9. The molecule has 0 spiro atoms. The second-order valence-corrected chi connectivity index (χ2v) is 6.56. The van der Waals surface area contributed by atoms with Crippen LogP contribution < -0.4 is 5.73 Å². The first-order chi connectivity index (χ1) is 11.6. The minimum Gasteiger partial charge on any atom is -0.480 e. The Morgan fingerprint density at radius 2 is 1.79 bits per heavy atom. The van der Waals surface area contributed by atoms with Crippen LogP contribution in [-0.4, -0.2) is 17.1 Å². The quantitative estimate of drug-likeness (QED) is 0.489. The normalized spacial score (nSPS) is 12.6. The van der Waals surface area contributed by atoms with Crippen molar-refractivity contribution in [1.82, 2.24) is 0 Å². The van der Waals surface area contributed by atoms with E-state index in [1.165, 1.54) is 51.4 Å². The summed E-state index contributed by atoms with van der Waals surface area (Å²) in [5.41, 5.74) is 7.67. The van der Waals surface area contributed by atoms with Gasteiger partial charge in [-0.1, -0.05) is 88.3 Å². The van der Waals surface area contributed by atoms with Gasteiger partial charge in [-0.2, -0.15) is 0 Å². The van der Waals surface area contributed by atoms with Gasteiger partial charge in [-0.15, -0.1) is 0 Å². The molecule has 0 aliphatic carbocycles. The predicted octanol–water partition coefficient (Wildman–Crippen LogP) is 5.19. The summed E-state index contributed by atoms with van der Waals surface area (Å²) in [4.78, 5) is 10.8. The Hall–Kier alpha value is -1.61. The number of unbranched alkanes of at least 4 members (excludes halogenated alkanes) is 8. The molecule has 0 unspecified atom stereocenters. The molecule has 0 heterocycles. The van der Waals surface area contributed by atoms with Crippen LogP contribution in [0.5, 0.6) is 0 Å². The van der Waals surface area contributed by atoms with E-state index >= 15 is 0 Å². The van der Waals surface area contributed by atoms with E-state index in [1.54, 1.807) is 0 Å². The third-order valence-corrected chi connectivity index (χ3v) is 4.26. The zero-order valence-corrected chi connectivity index (χ0v) is 15.0. The van der Waals surface area contributed by atoms with Crippen LogP contribution in [0.25, 0.3) is 6.08 Å². The average molecular weight is 332 g/mol. The van der Waals surface area contributed by atoms with Gasteiger partial charge in [-0.3, -0.25) is 4.79 Å². The summed E-state index contributed by atoms with van der Waals surface area (Å²) in [5, 5.41) is 8.88. The fraction of sp³-hybridized carbons (Fsp3) is 0.571. The zero-order valence-electron chi connectivity index (χ0n) is 15.0. The number of aliphatic carboxylic acids is 1. The summed E-state index contributed by atoms with van der Waals surface area (Å²) in [5.74, 6) is -0.953. The summed E-state index contributed by atoms with van der Waals surface area (Å²) in [7, 11) is 0. The van der Waals surface area contributed by atoms with Gasteiger partial charge >= 0.3 is 5.97 Å². The highest BCUT2D eigenvalue weighted by Crippen LogP contribution is 2.12. The second-order valence-electron chi connectivity index (χ2n) is 6.56. The lowest BCUT2D eigenvalue weighted by molar-refractivity contribution is -0.138. The summed E-state index contributed by atoms with van der Waals surface area (Å²) < 4.78 is 0. The van der Waals surface area contributed by atoms with Crippen molar-refractivity contribution in [2.45, 2.75) is 77.2 Å². The van der Waals surface area contributed by atoms with Crippen LogP contribution in [0.15, 0.2) is 30.3 Å². The van der Waals surface area contributed by atoms with Crippen LogP contribution in [0, 0.1) is 0 Å². The summed E-state index contributed by atoms with van der Waals surface area (Å²) in [6.07, 6.45) is 16.5. The average Bonchev–Trinajstić information content (AvgIpc) is 2.57. The number of allylic oxidation sites excluding steroid dienone is 1. The molecular formula is C21H33NO2. The van der Waals surface area contributed by atoms with Gasteiger partial charge in [0.25, 0.3) is 0 Å². The molecule has 0 bridgehead atoms. The zero-order chi connectivity index (χ0) is 17.6. The lowest BCUT2D eigenvalue weighted by Gasteiger charge is -2.06. The first-order valence-electron chi connectivity index (χ1n) is 9.37. The fourth-order valence-corrected chi connectivity index (χ4v) is 2.78. The van der Waals surface area contributed by atoms with Crippen LogP contribution in [-0.2, 0) is 11.2 Å². The van der Waals surface area contributed by atoms with Crippen LogP contribution >= 0.6 is 0 Å². The maximum atomic E-state index is 10.8. The molecule has 3 nitrogen and oxygen atoms in total. The van der Waals surface area contributed by atoms with Crippen LogP contribution in [0.1, 0.15) is 75.8 Å². The molecule has 0 radical (unpaired) electrons. The monoisotopic (exact) mass is 331 g/mol. The van der Waals surface area contributed by atoms with Gasteiger partial charge in [0.2, 0.25) is 0 Å². The minimum atomic E-state index is -0.953. The Morgan fingerprint density at radius 3 is 2.46 bits per heavy atom. The third-order valence-electron chi connectivity index (χ3n) is 4.26. The predicted molar refractivity (Wildman–Crippen MR) is 102 cm³/mol. The Morgan fingerprint density at radius 1 is 1.12 bits per heavy atom. The molecule has 1 aromatic rings. The molecule has 3 heteroatoms. The number of benzene rings is 1. The summed E-state index contributed by atoms with van der Waals surface area (Å²) >= 11 is 0. The van der Waals surface area contributed by atoms with E-state index in [4.69, 9.17) is 10.8 Å². The molecule has 0 saturated carbocycles. The fourth-order valence-electron chi connectivity index (χ4n) is 2.78. The molecule has 1 atom stereocenters. The standard InChI is InChI=1S/C21H33NO2/c1-2-3-4-5-6-7-8-9-10-11-13-18-14-12-15-19(16-18)17-20(22)21(23)24/h11-16,20H,2-10,17,22H2,1H3,(H,23,24)/b13-11-/t20-/m0/s1. The SMILES string of the molecule is CCCCCCCCCC/C=C\c1cccc(C[C@H](N)C(=O)O)c1. The van der Waals surface area contributed by atoms with E-state index in [2.05, 4.69) is 19.1 Å². The number of rotatable bonds is 13. The lowest BCUT2D eigenvalue weighted by atomic mass is 10.0. The van der Waals surface area contributed by atoms with Gasteiger partial charge in [0.15, 0.2) is 0 Å². The maximum Gasteiger partial charge on any atom is 0.320 e. The van der Waals surface area contributed by atoms with E-state index in [0.29, 0.717) is 6.42 Å². The van der Waals surface area contributed by atoms with Gasteiger partial charge in [-0.25, -0.2) is 0 Å². The molecule has 3 N–H and O–H groups in total. The summed E-state index contributed by atoms with van der Waals surface area (Å²) in [6, 6.07) is 7.12. The Balaban J connectivity index is 2.21. The molecule has 134 valence electrons. The number of hydrogen-bond acceptors (Lipinski definition) is 2. The first-order valence-corrected chi connectivity index (χ1v) is 9.37. The largest absolute Gasteiger partial charge is 0.480 e. The van der Waals surface area contributed by atoms with E-state index in [-0.39, 0.29) is 0 Å². The molecule has 24 heavy (non-hydrogen) atoms. The molecule has 0 aliphatic heterocycles. The number of nitrogens with two attached hydrogens (primary N) is 1. The van der Waals surface area contributed by atoms with Gasteiger partial charge in [-0.05, 0) is 30.4 Å². The highest BCUT2D eigenvalue weighted by atomic mass is 16.4. The van der Waals surface area contributed by atoms with E-state index in [1.807, 2.05) is 24.3 Å². The smallest absolute Gasteiger partial charge is 0.320 e. The molecular weight excluding hydrogens is 298 g/mol. The molecule has 1 aromatic carbocycles. The number of carboxylic acid groups (broad SMARTS) is 1. The molecule has 1 rings (SSSR count). The van der Waals surface area contributed by atoms with Crippen molar-refractivity contribution in [2.24, 2.45) is 5.73 Å². The second kappa shape index (κ2) is 12.8. The minimum absolute atomic E-state index is 0.370. The van der Waals surface area contributed by atoms with Crippen molar-refractivity contribution in [2.75, 3.05) is 0 Å². The molecule has 0 aliphatic rings. The summed E-state index contributed by atoms with van der Waals surface area (Å²) in [6.45, 7) is 2.25. The number of hydrogen-bond donors (Lipinski definition) is 2. The van der Waals surface area contributed by atoms with Gasteiger partial charge in [0.1, 0.15) is 6.04 Å². The van der Waals surface area contributed by atoms with Crippen molar-refractivity contribution in [3.8, 4) is 0 Å². The van der Waals surface area contributed by atoms with Gasteiger partial charge in [0.05, 0.1) is 0 Å². The molecule has 0 fully saturated rings. The van der Waals surface area contributed by atoms with Crippen molar-refractivity contribution < 1.29 is 9.90 Å². The van der Waals surface area contributed by atoms with Crippen molar-refractivity contribution in [1.29, 1.82) is 0 Å². The highest BCUT2D eigenvalue weighted by molar-refractivity contribution is 5.73. The Labute approximate surface area is 147 Å². The Bertz CT molecular complexity index is 496. The van der Waals surface area contributed by atoms with E-state index in [9.17, 15) is 4.79 Å². The first kappa shape index (κ1) is 20.4. The molecule has 0 aromatic heterocycles. The van der Waals surface area contributed by atoms with Crippen LogP contribution in [0.4, 0.5) is 0 Å². The topological polar surface area (TPSA) is 63.3 Å². The lowest BCUT2D eigenvalue weighted by Crippen LogP contribution is -2.32. The number of carboxylic acids is 1. The highest BCUT2D eigenvalue weighted by Gasteiger charge is 2.11. The van der Waals surface area contributed by atoms with E-state index in [0.717, 1.165) is 17.5 Å². The number of carbonyl (C=O) groups is 1.